The summed E-state index contributed by atoms with van der Waals surface area (Å²) in [5.74, 6) is 0. The molecule has 0 aliphatic carbocycles. The molecule has 2 aromatic rings. The number of aliphatic hydroxyl groups excluding tert-OH is 1. The third-order valence-corrected chi connectivity index (χ3v) is 4.61. The third-order valence-electron chi connectivity index (χ3n) is 4.61. The fraction of sp³-hybridized carbons (Fsp3) is 0.350. The summed E-state index contributed by atoms with van der Waals surface area (Å²) in [6.45, 7) is 3.23. The first-order valence-electron chi connectivity index (χ1n) is 8.75. The van der Waals surface area contributed by atoms with E-state index in [4.69, 9.17) is 0 Å². The van der Waals surface area contributed by atoms with Crippen LogP contribution in [0.2, 0.25) is 0 Å². The minimum Gasteiger partial charge on any atom is -0.394 e. The first-order chi connectivity index (χ1) is 12.3. The van der Waals surface area contributed by atoms with Gasteiger partial charge in [-0.1, -0.05) is 54.6 Å². The molecule has 1 heterocycles. The molecular weight excluding hydrogens is 314 g/mol. The molecule has 3 N–H and O–H groups in total. The zero-order chi connectivity index (χ0) is 17.5. The minimum atomic E-state index is -0.386. The molecule has 0 bridgehead atoms. The van der Waals surface area contributed by atoms with Gasteiger partial charge in [-0.2, -0.15) is 0 Å². The predicted octanol–water partition coefficient (Wildman–Crippen LogP) is 2.08. The Morgan fingerprint density at radius 1 is 1.08 bits per heavy atom. The Morgan fingerprint density at radius 3 is 2.56 bits per heavy atom. The van der Waals surface area contributed by atoms with Crippen molar-refractivity contribution in [1.82, 2.24) is 15.5 Å². The Labute approximate surface area is 148 Å². The molecule has 2 aromatic carbocycles. The maximum Gasteiger partial charge on any atom is 0.315 e. The topological polar surface area (TPSA) is 64.6 Å². The van der Waals surface area contributed by atoms with Crippen molar-refractivity contribution in [3.05, 3.63) is 71.3 Å². The standard InChI is InChI=1S/C20H25N3O2/c24-15-19(17-7-2-1-3-8-17)22-20(25)21-11-13-23-12-10-16-6-4-5-9-18(16)14-23/h1-9,19,24H,10-15H2,(H2,21,22,25). The Bertz CT molecular complexity index is 690. The molecule has 5 nitrogen and oxygen atoms in total. The molecule has 25 heavy (non-hydrogen) atoms. The molecule has 1 atom stereocenters. The van der Waals surface area contributed by atoms with E-state index in [0.717, 1.165) is 31.6 Å². The third kappa shape index (κ3) is 4.81. The van der Waals surface area contributed by atoms with Crippen molar-refractivity contribution in [2.24, 2.45) is 0 Å². The van der Waals surface area contributed by atoms with Gasteiger partial charge in [-0.3, -0.25) is 4.90 Å². The number of hydrogen-bond donors (Lipinski definition) is 3. The summed E-state index contributed by atoms with van der Waals surface area (Å²) in [5, 5.41) is 15.2. The van der Waals surface area contributed by atoms with Gasteiger partial charge in [0.2, 0.25) is 0 Å². The highest BCUT2D eigenvalue weighted by molar-refractivity contribution is 5.74. The monoisotopic (exact) mass is 339 g/mol. The predicted molar refractivity (Wildman–Crippen MR) is 98.2 cm³/mol. The second-order valence-corrected chi connectivity index (χ2v) is 6.34. The second-order valence-electron chi connectivity index (χ2n) is 6.34. The van der Waals surface area contributed by atoms with Crippen LogP contribution in [0, 0.1) is 0 Å². The number of nitrogens with one attached hydrogen (secondary N) is 2. The molecule has 0 saturated carbocycles. The van der Waals surface area contributed by atoms with Crippen molar-refractivity contribution >= 4 is 6.03 Å². The molecule has 0 radical (unpaired) electrons. The highest BCUT2D eigenvalue weighted by Gasteiger charge is 2.16. The van der Waals surface area contributed by atoms with Gasteiger partial charge in [0.1, 0.15) is 0 Å². The van der Waals surface area contributed by atoms with Crippen LogP contribution in [0.25, 0.3) is 0 Å². The van der Waals surface area contributed by atoms with E-state index < -0.39 is 0 Å². The van der Waals surface area contributed by atoms with Crippen LogP contribution in [-0.4, -0.2) is 42.3 Å². The van der Waals surface area contributed by atoms with Gasteiger partial charge in [-0.15, -0.1) is 0 Å². The van der Waals surface area contributed by atoms with Crippen LogP contribution < -0.4 is 10.6 Å². The number of carbonyl (C=O) groups excluding carboxylic acids is 1. The molecule has 3 rings (SSSR count). The van der Waals surface area contributed by atoms with Gasteiger partial charge < -0.3 is 15.7 Å². The van der Waals surface area contributed by atoms with E-state index in [1.54, 1.807) is 0 Å². The molecule has 5 heteroatoms. The molecule has 132 valence electrons. The van der Waals surface area contributed by atoms with Gasteiger partial charge in [0, 0.05) is 26.2 Å². The number of aliphatic hydroxyl groups is 1. The summed E-state index contributed by atoms with van der Waals surface area (Å²) >= 11 is 0. The van der Waals surface area contributed by atoms with E-state index in [9.17, 15) is 9.90 Å². The van der Waals surface area contributed by atoms with E-state index in [-0.39, 0.29) is 18.7 Å². The number of benzene rings is 2. The van der Waals surface area contributed by atoms with Crippen molar-refractivity contribution in [2.45, 2.75) is 19.0 Å². The highest BCUT2D eigenvalue weighted by atomic mass is 16.3. The van der Waals surface area contributed by atoms with Gasteiger partial charge in [-0.25, -0.2) is 4.79 Å². The van der Waals surface area contributed by atoms with Crippen molar-refractivity contribution in [2.75, 3.05) is 26.2 Å². The zero-order valence-corrected chi connectivity index (χ0v) is 14.3. The first-order valence-corrected chi connectivity index (χ1v) is 8.75. The molecule has 0 spiro atoms. The highest BCUT2D eigenvalue weighted by Crippen LogP contribution is 2.17. The van der Waals surface area contributed by atoms with Crippen LogP contribution in [0.3, 0.4) is 0 Å². The van der Waals surface area contributed by atoms with Crippen LogP contribution in [0.1, 0.15) is 22.7 Å². The number of amides is 2. The van der Waals surface area contributed by atoms with Gasteiger partial charge in [-0.05, 0) is 23.1 Å². The van der Waals surface area contributed by atoms with Crippen molar-refractivity contribution < 1.29 is 9.90 Å². The molecule has 1 unspecified atom stereocenters. The van der Waals surface area contributed by atoms with Gasteiger partial charge in [0.25, 0.3) is 0 Å². The van der Waals surface area contributed by atoms with Crippen molar-refractivity contribution in [3.63, 3.8) is 0 Å². The summed E-state index contributed by atoms with van der Waals surface area (Å²) in [4.78, 5) is 14.4. The van der Waals surface area contributed by atoms with E-state index in [1.165, 1.54) is 11.1 Å². The quantitative estimate of drug-likeness (QED) is 0.755. The summed E-state index contributed by atoms with van der Waals surface area (Å²) in [5.41, 5.74) is 3.70. The first kappa shape index (κ1) is 17.5. The lowest BCUT2D eigenvalue weighted by molar-refractivity contribution is 0.212. The van der Waals surface area contributed by atoms with Gasteiger partial charge in [0.15, 0.2) is 0 Å². The van der Waals surface area contributed by atoms with E-state index in [2.05, 4.69) is 39.8 Å². The van der Waals surface area contributed by atoms with Crippen molar-refractivity contribution in [1.29, 1.82) is 0 Å². The van der Waals surface area contributed by atoms with E-state index in [1.807, 2.05) is 30.3 Å². The Kier molecular flexibility index (Phi) is 6.04. The van der Waals surface area contributed by atoms with Crippen LogP contribution in [0.4, 0.5) is 4.79 Å². The smallest absolute Gasteiger partial charge is 0.315 e. The molecular formula is C20H25N3O2. The van der Waals surface area contributed by atoms with E-state index >= 15 is 0 Å². The normalized spacial score (nSPS) is 15.2. The van der Waals surface area contributed by atoms with Crippen LogP contribution >= 0.6 is 0 Å². The summed E-state index contributed by atoms with van der Waals surface area (Å²) in [7, 11) is 0. The fourth-order valence-electron chi connectivity index (χ4n) is 3.20. The number of fused-ring (bicyclic) bond motifs is 1. The molecule has 0 saturated heterocycles. The number of rotatable bonds is 6. The fourth-order valence-corrected chi connectivity index (χ4v) is 3.20. The number of hydrogen-bond acceptors (Lipinski definition) is 3. The maximum absolute atomic E-state index is 12.1. The Morgan fingerprint density at radius 2 is 1.80 bits per heavy atom. The second kappa shape index (κ2) is 8.65. The van der Waals surface area contributed by atoms with Crippen LogP contribution in [0.15, 0.2) is 54.6 Å². The number of nitrogens with zero attached hydrogens (tertiary/aromatic N) is 1. The summed E-state index contributed by atoms with van der Waals surface area (Å²) in [6, 6.07) is 17.4. The molecule has 2 amide bonds. The average molecular weight is 339 g/mol. The SMILES string of the molecule is O=C(NCCN1CCc2ccccc2C1)NC(CO)c1ccccc1. The largest absolute Gasteiger partial charge is 0.394 e. The van der Waals surface area contributed by atoms with E-state index in [0.29, 0.717) is 6.54 Å². The van der Waals surface area contributed by atoms with Crippen LogP contribution in [-0.2, 0) is 13.0 Å². The minimum absolute atomic E-state index is 0.125. The Balaban J connectivity index is 1.42. The van der Waals surface area contributed by atoms with Gasteiger partial charge >= 0.3 is 6.03 Å². The lowest BCUT2D eigenvalue weighted by atomic mass is 10.00. The molecule has 0 fully saturated rings. The number of carbonyl (C=O) groups is 1. The molecule has 0 aromatic heterocycles. The van der Waals surface area contributed by atoms with Crippen LogP contribution in [0.5, 0.6) is 0 Å². The van der Waals surface area contributed by atoms with Crippen molar-refractivity contribution in [3.8, 4) is 0 Å². The maximum atomic E-state index is 12.1. The summed E-state index contributed by atoms with van der Waals surface area (Å²) < 4.78 is 0. The lowest BCUT2D eigenvalue weighted by Gasteiger charge is -2.28. The molecule has 1 aliphatic heterocycles. The average Bonchev–Trinajstić information content (AvgIpc) is 2.66. The zero-order valence-electron chi connectivity index (χ0n) is 14.3. The molecule has 1 aliphatic rings. The van der Waals surface area contributed by atoms with Gasteiger partial charge in [0.05, 0.1) is 12.6 Å². The summed E-state index contributed by atoms with van der Waals surface area (Å²) in [6.07, 6.45) is 1.06. The number of urea groups is 1. The lowest BCUT2D eigenvalue weighted by Crippen LogP contribution is -2.43. The Hall–Kier alpha value is -2.37.